The first-order chi connectivity index (χ1) is 21.2. The second-order valence-corrected chi connectivity index (χ2v) is 12.5. The molecule has 5 rings (SSSR count). The Morgan fingerprint density at radius 1 is 1.09 bits per heavy atom. The summed E-state index contributed by atoms with van der Waals surface area (Å²) in [6.45, 7) is -1.74. The van der Waals surface area contributed by atoms with Crippen LogP contribution < -0.4 is 25.2 Å². The Kier molecular flexibility index (Phi) is 8.95. The summed E-state index contributed by atoms with van der Waals surface area (Å²) < 4.78 is 101. The van der Waals surface area contributed by atoms with Crippen LogP contribution in [0.1, 0.15) is 11.3 Å². The second kappa shape index (κ2) is 12.6. The quantitative estimate of drug-likeness (QED) is 0.266. The lowest BCUT2D eigenvalue weighted by Gasteiger charge is -2.39. The molecular formula is C26H23F5N6O6S2. The van der Waals surface area contributed by atoms with Crippen molar-refractivity contribution in [2.45, 2.75) is 37.4 Å². The van der Waals surface area contributed by atoms with E-state index in [1.807, 2.05) is 0 Å². The molecule has 45 heavy (non-hydrogen) atoms. The number of nitrogens with zero attached hydrogens (tertiary/aromatic N) is 5. The van der Waals surface area contributed by atoms with Crippen molar-refractivity contribution in [3.63, 3.8) is 0 Å². The van der Waals surface area contributed by atoms with Crippen LogP contribution in [-0.4, -0.2) is 71.9 Å². The summed E-state index contributed by atoms with van der Waals surface area (Å²) in [6, 6.07) is 9.02. The highest BCUT2D eigenvalue weighted by Gasteiger charge is 2.41. The van der Waals surface area contributed by atoms with E-state index in [-0.39, 0.29) is 36.8 Å². The van der Waals surface area contributed by atoms with Crippen molar-refractivity contribution in [2.24, 2.45) is 0 Å². The molecule has 0 spiro atoms. The Morgan fingerprint density at radius 3 is 2.40 bits per heavy atom. The zero-order chi connectivity index (χ0) is 32.5. The fourth-order valence-corrected chi connectivity index (χ4v) is 7.11. The third-order valence-corrected chi connectivity index (χ3v) is 9.50. The molecule has 1 atom stereocenters. The van der Waals surface area contributed by atoms with Gasteiger partial charge in [-0.25, -0.2) is 12.9 Å². The number of benzene rings is 2. The molecule has 4 aromatic rings. The summed E-state index contributed by atoms with van der Waals surface area (Å²) >= 11 is 1.07. The van der Waals surface area contributed by atoms with E-state index in [4.69, 9.17) is 0 Å². The molecule has 1 saturated heterocycles. The smallest absolute Gasteiger partial charge is 0.435 e. The van der Waals surface area contributed by atoms with Gasteiger partial charge >= 0.3 is 13.0 Å². The molecule has 1 N–H and O–H groups in total. The molecule has 2 aromatic heterocycles. The number of carbonyl (C=O) groups excluding carboxylic acids is 1. The van der Waals surface area contributed by atoms with Gasteiger partial charge in [0.15, 0.2) is 0 Å². The number of fused-ring (bicyclic) bond motifs is 1. The molecule has 1 amide bonds. The van der Waals surface area contributed by atoms with Crippen LogP contribution in [0.25, 0.3) is 4.96 Å². The van der Waals surface area contributed by atoms with E-state index in [0.717, 1.165) is 39.9 Å². The molecule has 0 bridgehead atoms. The average molecular weight is 675 g/mol. The van der Waals surface area contributed by atoms with Gasteiger partial charge in [0.1, 0.15) is 17.5 Å². The largest absolute Gasteiger partial charge is 0.573 e. The number of carbonyl (C=O) groups is 1. The highest BCUT2D eigenvalue weighted by molar-refractivity contribution is 7.89. The van der Waals surface area contributed by atoms with Crippen molar-refractivity contribution in [2.75, 3.05) is 24.5 Å². The summed E-state index contributed by atoms with van der Waals surface area (Å²) in [6.07, 6.45) is -4.97. The van der Waals surface area contributed by atoms with Gasteiger partial charge in [-0.15, -0.1) is 18.3 Å². The van der Waals surface area contributed by atoms with Gasteiger partial charge in [-0.05, 0) is 48.9 Å². The van der Waals surface area contributed by atoms with Gasteiger partial charge in [-0.3, -0.25) is 9.59 Å². The maximum Gasteiger partial charge on any atom is 0.573 e. The van der Waals surface area contributed by atoms with Gasteiger partial charge < -0.3 is 19.7 Å². The van der Waals surface area contributed by atoms with Gasteiger partial charge in [0.2, 0.25) is 26.0 Å². The van der Waals surface area contributed by atoms with Crippen molar-refractivity contribution in [3.8, 4) is 11.5 Å². The monoisotopic (exact) mass is 674 g/mol. The standard InChI is InChI=1S/C26H23F5N6O6S2/c1-15-12-21(38)33-24-37(15)34-25(44-24)35-10-11-36(45(40,41)19-8-6-18(7-9-19)43-26(29,30)31)20(14-35)22(39)32-13-16-2-4-17(5-3-16)42-23(27)28/h2-9,12,20,23H,10-11,13-14H2,1H3,(H,32,39)/t20-/m1/s1. The molecular weight excluding hydrogens is 651 g/mol. The molecule has 0 unspecified atom stereocenters. The molecule has 0 radical (unpaired) electrons. The van der Waals surface area contributed by atoms with Crippen LogP contribution in [0.15, 0.2) is 64.3 Å². The molecule has 0 aliphatic carbocycles. The predicted molar refractivity (Wildman–Crippen MR) is 150 cm³/mol. The molecule has 240 valence electrons. The van der Waals surface area contributed by atoms with Crippen LogP contribution >= 0.6 is 11.3 Å². The number of hydrogen-bond donors (Lipinski definition) is 1. The maximum atomic E-state index is 13.7. The lowest BCUT2D eigenvalue weighted by molar-refractivity contribution is -0.274. The zero-order valence-corrected chi connectivity index (χ0v) is 24.7. The zero-order valence-electron chi connectivity index (χ0n) is 23.1. The van der Waals surface area contributed by atoms with E-state index in [9.17, 15) is 40.0 Å². The highest BCUT2D eigenvalue weighted by Crippen LogP contribution is 2.30. The molecule has 1 aliphatic rings. The number of rotatable bonds is 9. The fraction of sp³-hybridized carbons (Fsp3) is 0.308. The Labute approximate surface area is 255 Å². The number of sulfonamides is 1. The number of amides is 1. The minimum Gasteiger partial charge on any atom is -0.435 e. The van der Waals surface area contributed by atoms with Crippen LogP contribution in [0.3, 0.4) is 0 Å². The SMILES string of the molecule is Cc1cc(=O)nc2sc(N3CCN(S(=O)(=O)c4ccc(OC(F)(F)F)cc4)[C@@H](C(=O)NCc4ccc(OC(F)F)cc4)C3)nn12. The third-order valence-electron chi connectivity index (χ3n) is 6.61. The number of alkyl halides is 5. The Hall–Kier alpha value is -4.36. The summed E-state index contributed by atoms with van der Waals surface area (Å²) in [7, 11) is -4.41. The molecule has 3 heterocycles. The lowest BCUT2D eigenvalue weighted by atomic mass is 10.2. The summed E-state index contributed by atoms with van der Waals surface area (Å²) in [5, 5.41) is 7.49. The Bertz CT molecular complexity index is 1850. The fourth-order valence-electron chi connectivity index (χ4n) is 4.55. The van der Waals surface area contributed by atoms with Gasteiger partial charge in [0, 0.05) is 37.9 Å². The molecule has 2 aromatic carbocycles. The summed E-state index contributed by atoms with van der Waals surface area (Å²) in [4.78, 5) is 30.9. The van der Waals surface area contributed by atoms with Gasteiger partial charge in [0.25, 0.3) is 5.56 Å². The van der Waals surface area contributed by atoms with Crippen molar-refractivity contribution >= 4 is 37.4 Å². The normalized spacial score (nSPS) is 16.2. The van der Waals surface area contributed by atoms with E-state index >= 15 is 0 Å². The summed E-state index contributed by atoms with van der Waals surface area (Å²) in [5.74, 6) is -1.42. The van der Waals surface area contributed by atoms with E-state index in [2.05, 4.69) is 24.9 Å². The van der Waals surface area contributed by atoms with E-state index < -0.39 is 46.3 Å². The number of nitrogens with one attached hydrogen (secondary N) is 1. The van der Waals surface area contributed by atoms with Crippen molar-refractivity contribution in [1.29, 1.82) is 0 Å². The van der Waals surface area contributed by atoms with Crippen LogP contribution in [0, 0.1) is 6.92 Å². The first kappa shape index (κ1) is 32.0. The first-order valence-corrected chi connectivity index (χ1v) is 15.3. The van der Waals surface area contributed by atoms with Crippen molar-refractivity contribution < 1.29 is 44.6 Å². The minimum absolute atomic E-state index is 0.0769. The van der Waals surface area contributed by atoms with Crippen LogP contribution in [0.5, 0.6) is 11.5 Å². The number of hydrogen-bond acceptors (Lipinski definition) is 10. The van der Waals surface area contributed by atoms with E-state index in [1.54, 1.807) is 11.8 Å². The number of piperazine rings is 1. The van der Waals surface area contributed by atoms with Gasteiger partial charge in [0.05, 0.1) is 4.90 Å². The molecule has 0 saturated carbocycles. The Balaban J connectivity index is 1.41. The lowest BCUT2D eigenvalue weighted by Crippen LogP contribution is -2.60. The second-order valence-electron chi connectivity index (χ2n) is 9.65. The molecule has 1 fully saturated rings. The number of aryl methyl sites for hydroxylation is 1. The van der Waals surface area contributed by atoms with E-state index in [0.29, 0.717) is 21.3 Å². The molecule has 1 aliphatic heterocycles. The van der Waals surface area contributed by atoms with Crippen molar-refractivity contribution in [1.82, 2.24) is 24.2 Å². The Morgan fingerprint density at radius 2 is 1.76 bits per heavy atom. The number of halogens is 5. The minimum atomic E-state index is -4.97. The van der Waals surface area contributed by atoms with Crippen LogP contribution in [0.2, 0.25) is 0 Å². The average Bonchev–Trinajstić information content (AvgIpc) is 3.40. The predicted octanol–water partition coefficient (Wildman–Crippen LogP) is 3.16. The van der Waals surface area contributed by atoms with Crippen LogP contribution in [0.4, 0.5) is 27.1 Å². The van der Waals surface area contributed by atoms with Gasteiger partial charge in [-0.1, -0.05) is 23.5 Å². The van der Waals surface area contributed by atoms with E-state index in [1.165, 1.54) is 34.8 Å². The topological polar surface area (TPSA) is 135 Å². The molecule has 12 nitrogen and oxygen atoms in total. The highest BCUT2D eigenvalue weighted by atomic mass is 32.2. The maximum absolute atomic E-state index is 13.7. The summed E-state index contributed by atoms with van der Waals surface area (Å²) in [5.41, 5.74) is 0.562. The number of ether oxygens (including phenoxy) is 2. The third kappa shape index (κ3) is 7.48. The first-order valence-electron chi connectivity index (χ1n) is 13.0. The molecule has 19 heteroatoms. The van der Waals surface area contributed by atoms with Crippen LogP contribution in [-0.2, 0) is 21.4 Å². The van der Waals surface area contributed by atoms with Crippen molar-refractivity contribution in [3.05, 3.63) is 76.2 Å². The number of anilines is 1. The number of aromatic nitrogens is 3. The van der Waals surface area contributed by atoms with Gasteiger partial charge in [-0.2, -0.15) is 18.1 Å².